The molecule has 3 rings (SSSR count). The molecule has 1 aromatic heterocycles. The molecular formula is C19H16BrFN2O2. The van der Waals surface area contributed by atoms with Gasteiger partial charge in [-0.2, -0.15) is 0 Å². The third-order valence-electron chi connectivity index (χ3n) is 3.69. The Morgan fingerprint density at radius 1 is 1.24 bits per heavy atom. The first-order valence-corrected chi connectivity index (χ1v) is 8.57. The van der Waals surface area contributed by atoms with E-state index < -0.39 is 5.82 Å². The molecule has 0 spiro atoms. The number of carbonyl (C=O) groups is 1. The van der Waals surface area contributed by atoms with E-state index >= 15 is 0 Å². The lowest BCUT2D eigenvalue weighted by Gasteiger charge is -2.06. The number of halogens is 2. The van der Waals surface area contributed by atoms with Crippen LogP contribution in [0, 0.1) is 12.7 Å². The van der Waals surface area contributed by atoms with E-state index in [0.717, 1.165) is 11.3 Å². The van der Waals surface area contributed by atoms with E-state index in [1.165, 1.54) is 23.8 Å². The van der Waals surface area contributed by atoms with Crippen LogP contribution in [0.2, 0.25) is 0 Å². The summed E-state index contributed by atoms with van der Waals surface area (Å²) in [4.78, 5) is 16.6. The third-order valence-corrected chi connectivity index (χ3v) is 4.35. The van der Waals surface area contributed by atoms with E-state index in [1.807, 2.05) is 31.2 Å². The van der Waals surface area contributed by atoms with Gasteiger partial charge in [0.05, 0.1) is 11.3 Å². The van der Waals surface area contributed by atoms with Crippen molar-refractivity contribution in [1.29, 1.82) is 0 Å². The molecule has 0 saturated carbocycles. The lowest BCUT2D eigenvalue weighted by Crippen LogP contribution is -2.26. The van der Waals surface area contributed by atoms with Crippen molar-refractivity contribution in [2.75, 3.05) is 6.54 Å². The molecule has 1 heterocycles. The first-order chi connectivity index (χ1) is 12.0. The molecule has 128 valence electrons. The molecule has 0 aliphatic rings. The van der Waals surface area contributed by atoms with Crippen LogP contribution in [-0.2, 0) is 6.42 Å². The van der Waals surface area contributed by atoms with Crippen LogP contribution < -0.4 is 5.32 Å². The summed E-state index contributed by atoms with van der Waals surface area (Å²) in [7, 11) is 0. The maximum atomic E-state index is 13.1. The maximum absolute atomic E-state index is 13.1. The van der Waals surface area contributed by atoms with E-state index in [-0.39, 0.29) is 5.91 Å². The molecule has 0 radical (unpaired) electrons. The van der Waals surface area contributed by atoms with Gasteiger partial charge in [-0.05, 0) is 53.2 Å². The number of carbonyl (C=O) groups excluding carboxylic acids is 1. The van der Waals surface area contributed by atoms with Crippen molar-refractivity contribution < 1.29 is 13.6 Å². The highest BCUT2D eigenvalue weighted by Gasteiger charge is 2.11. The quantitative estimate of drug-likeness (QED) is 0.682. The first kappa shape index (κ1) is 17.4. The molecule has 0 saturated heterocycles. The van der Waals surface area contributed by atoms with Crippen LogP contribution in [0.25, 0.3) is 11.5 Å². The Bertz CT molecular complexity index is 891. The maximum Gasteiger partial charge on any atom is 0.252 e. The van der Waals surface area contributed by atoms with Gasteiger partial charge >= 0.3 is 0 Å². The fourth-order valence-electron chi connectivity index (χ4n) is 2.32. The minimum atomic E-state index is -0.394. The number of nitrogens with one attached hydrogen (secondary N) is 1. The fourth-order valence-corrected chi connectivity index (χ4v) is 2.85. The number of amides is 1. The van der Waals surface area contributed by atoms with Gasteiger partial charge in [0.1, 0.15) is 12.1 Å². The average Bonchev–Trinajstić information content (AvgIpc) is 3.04. The minimum Gasteiger partial charge on any atom is -0.444 e. The summed E-state index contributed by atoms with van der Waals surface area (Å²) >= 11 is 3.19. The number of hydrogen-bond acceptors (Lipinski definition) is 3. The molecule has 1 N–H and O–H groups in total. The summed E-state index contributed by atoms with van der Waals surface area (Å²) in [6.07, 6.45) is 2.13. The van der Waals surface area contributed by atoms with Gasteiger partial charge in [-0.3, -0.25) is 4.79 Å². The monoisotopic (exact) mass is 402 g/mol. The predicted molar refractivity (Wildman–Crippen MR) is 96.8 cm³/mol. The van der Waals surface area contributed by atoms with Gasteiger partial charge < -0.3 is 9.73 Å². The molecule has 0 aliphatic carbocycles. The van der Waals surface area contributed by atoms with Crippen molar-refractivity contribution in [2.45, 2.75) is 13.3 Å². The van der Waals surface area contributed by atoms with E-state index in [9.17, 15) is 9.18 Å². The van der Waals surface area contributed by atoms with Crippen LogP contribution in [0.4, 0.5) is 4.39 Å². The second kappa shape index (κ2) is 7.61. The zero-order chi connectivity index (χ0) is 17.8. The third kappa shape index (κ3) is 4.33. The molecule has 0 fully saturated rings. The van der Waals surface area contributed by atoms with Crippen LogP contribution in [0.1, 0.15) is 21.6 Å². The van der Waals surface area contributed by atoms with Gasteiger partial charge in [-0.1, -0.05) is 17.7 Å². The average molecular weight is 403 g/mol. The van der Waals surface area contributed by atoms with Crippen molar-refractivity contribution in [3.05, 3.63) is 75.8 Å². The predicted octanol–water partition coefficient (Wildman–Crippen LogP) is 4.52. The Morgan fingerprint density at radius 2 is 2.00 bits per heavy atom. The summed E-state index contributed by atoms with van der Waals surface area (Å²) in [5.41, 5.74) is 3.23. The van der Waals surface area contributed by atoms with Gasteiger partial charge in [0, 0.05) is 23.0 Å². The Balaban J connectivity index is 1.57. The molecule has 2 aromatic carbocycles. The highest BCUT2D eigenvalue weighted by atomic mass is 79.9. The van der Waals surface area contributed by atoms with E-state index in [2.05, 4.69) is 26.2 Å². The molecule has 4 nitrogen and oxygen atoms in total. The van der Waals surface area contributed by atoms with Gasteiger partial charge in [0.15, 0.2) is 0 Å². The molecule has 0 bridgehead atoms. The Hall–Kier alpha value is -2.47. The highest BCUT2D eigenvalue weighted by Crippen LogP contribution is 2.20. The fraction of sp³-hybridized carbons (Fsp3) is 0.158. The van der Waals surface area contributed by atoms with Crippen molar-refractivity contribution in [1.82, 2.24) is 10.3 Å². The van der Waals surface area contributed by atoms with Crippen molar-refractivity contribution in [3.63, 3.8) is 0 Å². The van der Waals surface area contributed by atoms with E-state index in [0.29, 0.717) is 28.9 Å². The Kier molecular flexibility index (Phi) is 5.28. The summed E-state index contributed by atoms with van der Waals surface area (Å²) < 4.78 is 19.0. The lowest BCUT2D eigenvalue weighted by atomic mass is 10.1. The highest BCUT2D eigenvalue weighted by molar-refractivity contribution is 9.10. The second-order valence-electron chi connectivity index (χ2n) is 5.64. The van der Waals surface area contributed by atoms with Gasteiger partial charge in [0.25, 0.3) is 5.91 Å². The molecule has 0 unspecified atom stereocenters. The summed E-state index contributed by atoms with van der Waals surface area (Å²) in [6, 6.07) is 11.9. The first-order valence-electron chi connectivity index (χ1n) is 7.77. The topological polar surface area (TPSA) is 55.1 Å². The smallest absolute Gasteiger partial charge is 0.252 e. The number of aryl methyl sites for hydroxylation is 1. The summed E-state index contributed by atoms with van der Waals surface area (Å²) in [5.74, 6) is -0.105. The van der Waals surface area contributed by atoms with Crippen molar-refractivity contribution in [2.24, 2.45) is 0 Å². The summed E-state index contributed by atoms with van der Waals surface area (Å²) in [6.45, 7) is 2.43. The van der Waals surface area contributed by atoms with Crippen LogP contribution >= 0.6 is 15.9 Å². The van der Waals surface area contributed by atoms with Gasteiger partial charge in [-0.15, -0.1) is 0 Å². The largest absolute Gasteiger partial charge is 0.444 e. The normalized spacial score (nSPS) is 10.7. The molecule has 6 heteroatoms. The minimum absolute atomic E-state index is 0.269. The SMILES string of the molecule is Cc1ccc(-c2nc(CCNC(=O)c3ccc(F)cc3Br)co2)cc1. The molecule has 3 aromatic rings. The number of oxazole rings is 1. The van der Waals surface area contributed by atoms with Crippen LogP contribution in [0.15, 0.2) is 57.6 Å². The van der Waals surface area contributed by atoms with Gasteiger partial charge in [-0.25, -0.2) is 9.37 Å². The van der Waals surface area contributed by atoms with Crippen molar-refractivity contribution in [3.8, 4) is 11.5 Å². The van der Waals surface area contributed by atoms with Crippen LogP contribution in [-0.4, -0.2) is 17.4 Å². The number of nitrogens with zero attached hydrogens (tertiary/aromatic N) is 1. The molecule has 0 aliphatic heterocycles. The molecule has 0 atom stereocenters. The number of hydrogen-bond donors (Lipinski definition) is 1. The molecule has 1 amide bonds. The standard InChI is InChI=1S/C19H16BrFN2O2/c1-12-2-4-13(5-3-12)19-23-15(11-25-19)8-9-22-18(24)16-7-6-14(21)10-17(16)20/h2-7,10-11H,8-9H2,1H3,(H,22,24). The Morgan fingerprint density at radius 3 is 2.72 bits per heavy atom. The zero-order valence-electron chi connectivity index (χ0n) is 13.6. The Labute approximate surface area is 153 Å². The molecule has 25 heavy (non-hydrogen) atoms. The van der Waals surface area contributed by atoms with Crippen molar-refractivity contribution >= 4 is 21.8 Å². The molecular weight excluding hydrogens is 387 g/mol. The lowest BCUT2D eigenvalue weighted by molar-refractivity contribution is 0.0953. The number of rotatable bonds is 5. The van der Waals surface area contributed by atoms with Gasteiger partial charge in [0.2, 0.25) is 5.89 Å². The second-order valence-corrected chi connectivity index (χ2v) is 6.49. The van der Waals surface area contributed by atoms with E-state index in [1.54, 1.807) is 6.26 Å². The van der Waals surface area contributed by atoms with Crippen LogP contribution in [0.3, 0.4) is 0 Å². The summed E-state index contributed by atoms with van der Waals surface area (Å²) in [5, 5.41) is 2.79. The number of benzene rings is 2. The number of aromatic nitrogens is 1. The zero-order valence-corrected chi connectivity index (χ0v) is 15.1. The van der Waals surface area contributed by atoms with Crippen LogP contribution in [0.5, 0.6) is 0 Å². The van der Waals surface area contributed by atoms with E-state index in [4.69, 9.17) is 4.42 Å².